The minimum atomic E-state index is -1.21. The molecule has 1 aliphatic rings. The van der Waals surface area contributed by atoms with E-state index in [1.54, 1.807) is 0 Å². The lowest BCUT2D eigenvalue weighted by Gasteiger charge is -2.34. The fraction of sp³-hybridized carbons (Fsp3) is 0.636. The van der Waals surface area contributed by atoms with Gasteiger partial charge in [0.05, 0.1) is 12.1 Å². The Morgan fingerprint density at radius 3 is 2.82 bits per heavy atom. The average molecular weight is 243 g/mol. The minimum absolute atomic E-state index is 0.245. The summed E-state index contributed by atoms with van der Waals surface area (Å²) in [5.74, 6) is -1.40. The third-order valence-corrected chi connectivity index (χ3v) is 2.91. The average Bonchev–Trinajstić information content (AvgIpc) is 2.48. The van der Waals surface area contributed by atoms with Crippen molar-refractivity contribution in [2.75, 3.05) is 6.61 Å². The zero-order valence-corrected chi connectivity index (χ0v) is 9.43. The molecule has 1 aliphatic heterocycles. The highest BCUT2D eigenvalue weighted by molar-refractivity contribution is 5.81. The van der Waals surface area contributed by atoms with Crippen molar-refractivity contribution in [3.8, 4) is 0 Å². The Morgan fingerprint density at radius 2 is 2.24 bits per heavy atom. The van der Waals surface area contributed by atoms with Gasteiger partial charge in [-0.25, -0.2) is 4.79 Å². The maximum Gasteiger partial charge on any atom is 0.328 e. The number of hydrogen-bond donors (Lipinski definition) is 4. The van der Waals surface area contributed by atoms with E-state index in [2.05, 4.69) is 5.32 Å². The van der Waals surface area contributed by atoms with Crippen molar-refractivity contribution in [1.82, 2.24) is 5.32 Å². The molecule has 1 amide bonds. The van der Waals surface area contributed by atoms with Crippen LogP contribution in [0.1, 0.15) is 25.7 Å². The first-order chi connectivity index (χ1) is 8.00. The number of aliphatic hydroxyl groups is 2. The van der Waals surface area contributed by atoms with Gasteiger partial charge in [-0.2, -0.15) is 0 Å². The molecule has 0 aromatic carbocycles. The number of hydrogen-bond acceptors (Lipinski definition) is 4. The van der Waals surface area contributed by atoms with E-state index in [1.807, 2.05) is 0 Å². The van der Waals surface area contributed by atoms with Crippen LogP contribution in [0, 0.1) is 0 Å². The SMILES string of the molecule is O=C(O)C=CC1(C(O)CO)CCCCC(=O)N1. The van der Waals surface area contributed by atoms with E-state index in [1.165, 1.54) is 6.08 Å². The quantitative estimate of drug-likeness (QED) is 0.494. The van der Waals surface area contributed by atoms with Crippen molar-refractivity contribution in [3.63, 3.8) is 0 Å². The van der Waals surface area contributed by atoms with Crippen molar-refractivity contribution in [2.45, 2.75) is 37.3 Å². The van der Waals surface area contributed by atoms with Gasteiger partial charge in [0.25, 0.3) is 0 Å². The van der Waals surface area contributed by atoms with E-state index >= 15 is 0 Å². The largest absolute Gasteiger partial charge is 0.478 e. The van der Waals surface area contributed by atoms with E-state index in [4.69, 9.17) is 10.2 Å². The highest BCUT2D eigenvalue weighted by Gasteiger charge is 2.37. The lowest BCUT2D eigenvalue weighted by atomic mass is 9.87. The van der Waals surface area contributed by atoms with Crippen LogP contribution in [0.4, 0.5) is 0 Å². The Labute approximate surface area is 98.9 Å². The fourth-order valence-electron chi connectivity index (χ4n) is 1.96. The monoisotopic (exact) mass is 243 g/mol. The molecule has 0 saturated carbocycles. The number of nitrogens with one attached hydrogen (secondary N) is 1. The van der Waals surface area contributed by atoms with E-state index in [-0.39, 0.29) is 5.91 Å². The van der Waals surface area contributed by atoms with Crippen molar-refractivity contribution in [3.05, 3.63) is 12.2 Å². The first kappa shape index (κ1) is 13.7. The second-order valence-electron chi connectivity index (χ2n) is 4.17. The van der Waals surface area contributed by atoms with Gasteiger partial charge >= 0.3 is 5.97 Å². The molecule has 1 rings (SSSR count). The van der Waals surface area contributed by atoms with Crippen LogP contribution in [0.3, 0.4) is 0 Å². The molecule has 0 bridgehead atoms. The van der Waals surface area contributed by atoms with Gasteiger partial charge in [-0.1, -0.05) is 6.42 Å². The predicted molar refractivity (Wildman–Crippen MR) is 59.2 cm³/mol. The number of carbonyl (C=O) groups is 2. The molecule has 2 atom stereocenters. The first-order valence-corrected chi connectivity index (χ1v) is 5.52. The summed E-state index contributed by atoms with van der Waals surface area (Å²) >= 11 is 0. The van der Waals surface area contributed by atoms with Crippen molar-refractivity contribution in [1.29, 1.82) is 0 Å². The third kappa shape index (κ3) is 3.54. The summed E-state index contributed by atoms with van der Waals surface area (Å²) in [6.45, 7) is -0.537. The Hall–Kier alpha value is -1.40. The maximum atomic E-state index is 11.5. The van der Waals surface area contributed by atoms with Gasteiger partial charge in [-0.15, -0.1) is 0 Å². The van der Waals surface area contributed by atoms with Crippen LogP contribution in [0.5, 0.6) is 0 Å². The Kier molecular flexibility index (Phi) is 4.65. The predicted octanol–water partition coefficient (Wildman–Crippen LogP) is -0.591. The molecule has 0 aromatic rings. The lowest BCUT2D eigenvalue weighted by Crippen LogP contribution is -2.55. The van der Waals surface area contributed by atoms with Crippen LogP contribution in [0.25, 0.3) is 0 Å². The Morgan fingerprint density at radius 1 is 1.53 bits per heavy atom. The molecule has 1 heterocycles. The number of carboxylic acid groups (broad SMARTS) is 1. The van der Waals surface area contributed by atoms with Gasteiger partial charge in [0, 0.05) is 12.5 Å². The molecule has 6 nitrogen and oxygen atoms in total. The van der Waals surface area contributed by atoms with Gasteiger partial charge in [-0.3, -0.25) is 4.79 Å². The van der Waals surface area contributed by atoms with Gasteiger partial charge in [0.15, 0.2) is 0 Å². The molecule has 2 unspecified atom stereocenters. The molecule has 6 heteroatoms. The highest BCUT2D eigenvalue weighted by Crippen LogP contribution is 2.24. The molecule has 4 N–H and O–H groups in total. The summed E-state index contributed by atoms with van der Waals surface area (Å²) in [5.41, 5.74) is -1.18. The molecule has 0 aliphatic carbocycles. The van der Waals surface area contributed by atoms with Crippen molar-refractivity contribution < 1.29 is 24.9 Å². The van der Waals surface area contributed by atoms with Gasteiger partial charge in [-0.05, 0) is 18.9 Å². The number of amides is 1. The fourth-order valence-corrected chi connectivity index (χ4v) is 1.96. The topological polar surface area (TPSA) is 107 Å². The second-order valence-corrected chi connectivity index (χ2v) is 4.17. The van der Waals surface area contributed by atoms with Crippen LogP contribution < -0.4 is 5.32 Å². The van der Waals surface area contributed by atoms with Crippen LogP contribution >= 0.6 is 0 Å². The number of aliphatic carboxylic acids is 1. The molecule has 96 valence electrons. The summed E-state index contributed by atoms with van der Waals surface area (Å²) in [5, 5.41) is 30.0. The molecular formula is C11H17NO5. The molecule has 17 heavy (non-hydrogen) atoms. The lowest BCUT2D eigenvalue weighted by molar-refractivity contribution is -0.131. The first-order valence-electron chi connectivity index (χ1n) is 5.52. The minimum Gasteiger partial charge on any atom is -0.478 e. The number of carboxylic acids is 1. The van der Waals surface area contributed by atoms with E-state index in [9.17, 15) is 14.7 Å². The zero-order valence-electron chi connectivity index (χ0n) is 9.43. The second kappa shape index (κ2) is 5.79. The van der Waals surface area contributed by atoms with E-state index in [0.717, 1.165) is 6.08 Å². The van der Waals surface area contributed by atoms with Crippen LogP contribution in [0.15, 0.2) is 12.2 Å². The summed E-state index contributed by atoms with van der Waals surface area (Å²) < 4.78 is 0. The summed E-state index contributed by atoms with van der Waals surface area (Å²) in [6.07, 6.45) is 3.04. The number of rotatable bonds is 4. The van der Waals surface area contributed by atoms with Gasteiger partial charge in [0.2, 0.25) is 5.91 Å². The summed E-state index contributed by atoms with van der Waals surface area (Å²) in [6, 6.07) is 0. The van der Waals surface area contributed by atoms with E-state index < -0.39 is 24.2 Å². The Balaban J connectivity index is 2.98. The molecular weight excluding hydrogens is 226 g/mol. The molecule has 0 aromatic heterocycles. The molecule has 1 fully saturated rings. The maximum absolute atomic E-state index is 11.5. The van der Waals surface area contributed by atoms with E-state index in [0.29, 0.717) is 25.7 Å². The molecule has 1 saturated heterocycles. The zero-order chi connectivity index (χ0) is 12.9. The summed E-state index contributed by atoms with van der Waals surface area (Å²) in [7, 11) is 0. The highest BCUT2D eigenvalue weighted by atomic mass is 16.4. The van der Waals surface area contributed by atoms with Crippen molar-refractivity contribution >= 4 is 11.9 Å². The molecule has 0 spiro atoms. The standard InChI is InChI=1S/C11H17NO5/c13-7-8(14)11(6-4-10(16)17)5-2-1-3-9(15)12-11/h4,6,8,13-14H,1-3,5,7H2,(H,12,15)(H,16,17). The number of carbonyl (C=O) groups excluding carboxylic acids is 1. The summed E-state index contributed by atoms with van der Waals surface area (Å²) in [4.78, 5) is 22.0. The normalized spacial score (nSPS) is 27.5. The Bertz CT molecular complexity index is 328. The smallest absolute Gasteiger partial charge is 0.328 e. The van der Waals surface area contributed by atoms with Gasteiger partial charge in [0.1, 0.15) is 6.10 Å². The van der Waals surface area contributed by atoms with Crippen molar-refractivity contribution in [2.24, 2.45) is 0 Å². The number of aliphatic hydroxyl groups excluding tert-OH is 2. The van der Waals surface area contributed by atoms with Crippen LogP contribution in [0.2, 0.25) is 0 Å². The van der Waals surface area contributed by atoms with Crippen LogP contribution in [-0.2, 0) is 9.59 Å². The molecule has 0 radical (unpaired) electrons. The third-order valence-electron chi connectivity index (χ3n) is 2.91. The van der Waals surface area contributed by atoms with Crippen LogP contribution in [-0.4, -0.2) is 45.4 Å². The van der Waals surface area contributed by atoms with Gasteiger partial charge < -0.3 is 20.6 Å².